The molecule has 0 saturated carbocycles. The zero-order valence-corrected chi connectivity index (χ0v) is 20.4. The van der Waals surface area contributed by atoms with E-state index in [2.05, 4.69) is 0 Å². The molecule has 0 fully saturated rings. The van der Waals surface area contributed by atoms with Crippen molar-refractivity contribution in [2.75, 3.05) is 24.5 Å². The van der Waals surface area contributed by atoms with E-state index < -0.39 is 22.6 Å². The van der Waals surface area contributed by atoms with Gasteiger partial charge in [-0.05, 0) is 55.1 Å². The Labute approximate surface area is 198 Å². The molecular weight excluding hydrogens is 460 g/mol. The predicted molar refractivity (Wildman–Crippen MR) is 129 cm³/mol. The molecule has 1 aromatic heterocycles. The number of hydrogen-bond donors (Lipinski definition) is 0. The van der Waals surface area contributed by atoms with Gasteiger partial charge in [0.15, 0.2) is 6.61 Å². The average Bonchev–Trinajstić information content (AvgIpc) is 3.31. The maximum Gasteiger partial charge on any atom is 0.338 e. The summed E-state index contributed by atoms with van der Waals surface area (Å²) in [5, 5.41) is 1.92. The van der Waals surface area contributed by atoms with Gasteiger partial charge in [-0.1, -0.05) is 30.3 Å². The lowest BCUT2D eigenvalue weighted by molar-refractivity contribution is -0.133. The molecule has 0 aliphatic rings. The first-order valence-corrected chi connectivity index (χ1v) is 12.7. The van der Waals surface area contributed by atoms with Crippen LogP contribution >= 0.6 is 11.3 Å². The second-order valence-corrected chi connectivity index (χ2v) is 10.3. The zero-order chi connectivity index (χ0) is 24.0. The summed E-state index contributed by atoms with van der Waals surface area (Å²) >= 11 is 1.54. The summed E-state index contributed by atoms with van der Waals surface area (Å²) in [4.78, 5) is 27.4. The minimum absolute atomic E-state index is 0.0174. The van der Waals surface area contributed by atoms with Crippen LogP contribution in [0.5, 0.6) is 0 Å². The van der Waals surface area contributed by atoms with Crippen LogP contribution in [0.2, 0.25) is 0 Å². The zero-order valence-electron chi connectivity index (χ0n) is 18.7. The number of likely N-dealkylation sites (N-methyl/N-ethyl adjacent to an activating group) is 1. The summed E-state index contributed by atoms with van der Waals surface area (Å²) < 4.78 is 33.2. The minimum Gasteiger partial charge on any atom is -0.452 e. The monoisotopic (exact) mass is 486 g/mol. The Balaban J connectivity index is 1.75. The van der Waals surface area contributed by atoms with Crippen LogP contribution < -0.4 is 4.31 Å². The molecule has 0 bridgehead atoms. The highest BCUT2D eigenvalue weighted by atomic mass is 32.2. The number of para-hydroxylation sites is 1. The molecule has 0 aliphatic heterocycles. The molecule has 0 aliphatic carbocycles. The average molecular weight is 487 g/mol. The molecule has 0 unspecified atom stereocenters. The highest BCUT2D eigenvalue weighted by molar-refractivity contribution is 7.92. The summed E-state index contributed by atoms with van der Waals surface area (Å²) in [6.07, 6.45) is 0. The van der Waals surface area contributed by atoms with Gasteiger partial charge in [0, 0.05) is 18.5 Å². The molecule has 2 aromatic carbocycles. The Morgan fingerprint density at radius 3 is 2.39 bits per heavy atom. The summed E-state index contributed by atoms with van der Waals surface area (Å²) in [6, 6.07) is 17.0. The van der Waals surface area contributed by atoms with E-state index in [9.17, 15) is 18.0 Å². The van der Waals surface area contributed by atoms with Crippen molar-refractivity contribution in [3.05, 3.63) is 82.0 Å². The Morgan fingerprint density at radius 1 is 1.03 bits per heavy atom. The van der Waals surface area contributed by atoms with Gasteiger partial charge in [0.05, 0.1) is 22.7 Å². The quantitative estimate of drug-likeness (QED) is 0.426. The predicted octanol–water partition coefficient (Wildman–Crippen LogP) is 4.09. The first-order valence-electron chi connectivity index (χ1n) is 10.4. The van der Waals surface area contributed by atoms with Crippen molar-refractivity contribution in [1.29, 1.82) is 0 Å². The van der Waals surface area contributed by atoms with Crippen LogP contribution in [0.4, 0.5) is 5.69 Å². The lowest BCUT2D eigenvalue weighted by Gasteiger charge is -2.24. The third kappa shape index (κ3) is 5.80. The smallest absolute Gasteiger partial charge is 0.338 e. The van der Waals surface area contributed by atoms with E-state index in [4.69, 9.17) is 4.74 Å². The third-order valence-electron chi connectivity index (χ3n) is 5.05. The maximum atomic E-state index is 13.4. The maximum absolute atomic E-state index is 13.4. The minimum atomic E-state index is -3.91. The molecule has 3 rings (SSSR count). The van der Waals surface area contributed by atoms with Gasteiger partial charge in [-0.2, -0.15) is 0 Å². The number of aryl methyl sites for hydroxylation is 1. The Bertz CT molecular complexity index is 1210. The van der Waals surface area contributed by atoms with Crippen molar-refractivity contribution in [3.8, 4) is 0 Å². The SMILES string of the molecule is CCN(c1ccccc1)S(=O)(=O)c1cc(C(=O)OCC(=O)N(C)Cc2cccs2)ccc1C. The van der Waals surface area contributed by atoms with E-state index in [1.54, 1.807) is 51.2 Å². The summed E-state index contributed by atoms with van der Waals surface area (Å²) in [6.45, 7) is 3.64. The fourth-order valence-corrected chi connectivity index (χ4v) is 5.74. The van der Waals surface area contributed by atoms with Gasteiger partial charge in [-0.15, -0.1) is 11.3 Å². The lowest BCUT2D eigenvalue weighted by atomic mass is 10.1. The number of ether oxygens (including phenoxy) is 1. The highest BCUT2D eigenvalue weighted by Gasteiger charge is 2.27. The van der Waals surface area contributed by atoms with Crippen molar-refractivity contribution < 1.29 is 22.7 Å². The van der Waals surface area contributed by atoms with Crippen LogP contribution in [0.25, 0.3) is 0 Å². The number of amides is 1. The number of esters is 1. The van der Waals surface area contributed by atoms with Crippen molar-refractivity contribution in [3.63, 3.8) is 0 Å². The van der Waals surface area contributed by atoms with Crippen LogP contribution in [0, 0.1) is 6.92 Å². The van der Waals surface area contributed by atoms with Crippen molar-refractivity contribution in [1.82, 2.24) is 4.90 Å². The van der Waals surface area contributed by atoms with E-state index in [0.717, 1.165) is 4.88 Å². The van der Waals surface area contributed by atoms with Crippen molar-refractivity contribution in [2.24, 2.45) is 0 Å². The van der Waals surface area contributed by atoms with E-state index >= 15 is 0 Å². The molecule has 174 valence electrons. The second kappa shape index (κ2) is 10.6. The number of thiophene rings is 1. The van der Waals surface area contributed by atoms with E-state index in [1.165, 1.54) is 32.7 Å². The fourth-order valence-electron chi connectivity index (χ4n) is 3.25. The molecule has 0 N–H and O–H groups in total. The summed E-state index contributed by atoms with van der Waals surface area (Å²) in [5.74, 6) is -1.11. The van der Waals surface area contributed by atoms with Gasteiger partial charge in [-0.3, -0.25) is 9.10 Å². The standard InChI is InChI=1S/C24H26N2O5S2/c1-4-26(20-9-6-5-7-10-20)33(29,30)22-15-19(13-12-18(22)2)24(28)31-17-23(27)25(3)16-21-11-8-14-32-21/h5-15H,4,16-17H2,1-3H3. The van der Waals surface area contributed by atoms with E-state index in [0.29, 0.717) is 17.8 Å². The molecule has 1 amide bonds. The van der Waals surface area contributed by atoms with Crippen LogP contribution in [-0.2, 0) is 26.1 Å². The number of rotatable bonds is 9. The van der Waals surface area contributed by atoms with Crippen LogP contribution in [0.15, 0.2) is 70.9 Å². The second-order valence-electron chi connectivity index (χ2n) is 7.39. The molecule has 3 aromatic rings. The Kier molecular flexibility index (Phi) is 7.88. The molecule has 33 heavy (non-hydrogen) atoms. The third-order valence-corrected chi connectivity index (χ3v) is 7.95. The summed E-state index contributed by atoms with van der Waals surface area (Å²) in [7, 11) is -2.28. The Morgan fingerprint density at radius 2 is 1.76 bits per heavy atom. The van der Waals surface area contributed by atoms with Gasteiger partial charge >= 0.3 is 5.97 Å². The topological polar surface area (TPSA) is 84.0 Å². The fraction of sp³-hybridized carbons (Fsp3) is 0.250. The molecule has 9 heteroatoms. The lowest BCUT2D eigenvalue weighted by Crippen LogP contribution is -2.31. The first-order chi connectivity index (χ1) is 15.7. The number of carbonyl (C=O) groups excluding carboxylic acids is 2. The van der Waals surface area contributed by atoms with Gasteiger partial charge in [-0.25, -0.2) is 13.2 Å². The molecular formula is C24H26N2O5S2. The molecule has 1 heterocycles. The van der Waals surface area contributed by atoms with Crippen molar-refractivity contribution >= 4 is 38.9 Å². The number of nitrogens with zero attached hydrogens (tertiary/aromatic N) is 2. The van der Waals surface area contributed by atoms with Gasteiger partial charge in [0.2, 0.25) is 0 Å². The molecule has 0 saturated heterocycles. The molecule has 0 spiro atoms. The molecule has 7 nitrogen and oxygen atoms in total. The number of sulfonamides is 1. The van der Waals surface area contributed by atoms with E-state index in [1.807, 2.05) is 23.6 Å². The normalized spacial score (nSPS) is 11.1. The van der Waals surface area contributed by atoms with Crippen LogP contribution in [-0.4, -0.2) is 45.4 Å². The van der Waals surface area contributed by atoms with Gasteiger partial charge in [0.1, 0.15) is 0 Å². The highest BCUT2D eigenvalue weighted by Crippen LogP contribution is 2.26. The number of carbonyl (C=O) groups is 2. The number of benzene rings is 2. The first kappa shape index (κ1) is 24.5. The number of hydrogen-bond acceptors (Lipinski definition) is 6. The van der Waals surface area contributed by atoms with Crippen LogP contribution in [0.3, 0.4) is 0 Å². The molecule has 0 radical (unpaired) electrons. The van der Waals surface area contributed by atoms with Crippen molar-refractivity contribution in [2.45, 2.75) is 25.3 Å². The number of anilines is 1. The van der Waals surface area contributed by atoms with Gasteiger partial charge < -0.3 is 9.64 Å². The summed E-state index contributed by atoms with van der Waals surface area (Å²) in [5.41, 5.74) is 1.11. The van der Waals surface area contributed by atoms with E-state index in [-0.39, 0.29) is 22.9 Å². The largest absolute Gasteiger partial charge is 0.452 e. The van der Waals surface area contributed by atoms with Crippen LogP contribution in [0.1, 0.15) is 27.7 Å². The van der Waals surface area contributed by atoms with Gasteiger partial charge in [0.25, 0.3) is 15.9 Å². The molecule has 0 atom stereocenters. The Hall–Kier alpha value is -3.17.